The standard InChI is InChI=1S/C17H14N4O2/c1-12-10-16(22)21-15(20-12)7-4-13-2-5-14(6-3-13)23-17-11-18-8-9-19-17/h2-11H,1H3,(H,20,21,22)/b7-4+. The third kappa shape index (κ3) is 4.10. The number of nitrogens with one attached hydrogen (secondary N) is 1. The maximum atomic E-state index is 11.4. The molecular formula is C17H14N4O2. The molecule has 114 valence electrons. The molecule has 3 aromatic rings. The van der Waals surface area contributed by atoms with Crippen molar-refractivity contribution in [3.63, 3.8) is 0 Å². The van der Waals surface area contributed by atoms with Crippen LogP contribution in [0.5, 0.6) is 11.6 Å². The average Bonchev–Trinajstić information content (AvgIpc) is 2.54. The number of aromatic amines is 1. The number of aryl methyl sites for hydroxylation is 1. The Bertz CT molecular complexity index is 871. The fourth-order valence-corrected chi connectivity index (χ4v) is 1.96. The minimum Gasteiger partial charge on any atom is -0.438 e. The molecule has 0 bridgehead atoms. The summed E-state index contributed by atoms with van der Waals surface area (Å²) in [6.45, 7) is 1.78. The highest BCUT2D eigenvalue weighted by Crippen LogP contribution is 2.19. The molecule has 0 aliphatic carbocycles. The largest absolute Gasteiger partial charge is 0.438 e. The number of aromatic nitrogens is 4. The number of benzene rings is 1. The lowest BCUT2D eigenvalue weighted by Crippen LogP contribution is -2.08. The average molecular weight is 306 g/mol. The summed E-state index contributed by atoms with van der Waals surface area (Å²) < 4.78 is 5.57. The number of rotatable bonds is 4. The molecule has 1 aromatic carbocycles. The molecule has 0 amide bonds. The Morgan fingerprint density at radius 2 is 1.96 bits per heavy atom. The van der Waals surface area contributed by atoms with Crippen molar-refractivity contribution in [2.45, 2.75) is 6.92 Å². The van der Waals surface area contributed by atoms with Gasteiger partial charge in [0.05, 0.1) is 6.20 Å². The van der Waals surface area contributed by atoms with Gasteiger partial charge in [-0.3, -0.25) is 9.78 Å². The van der Waals surface area contributed by atoms with Crippen molar-refractivity contribution in [3.05, 3.63) is 76.4 Å². The predicted molar refractivity (Wildman–Crippen MR) is 87.1 cm³/mol. The molecule has 0 fully saturated rings. The topological polar surface area (TPSA) is 80.8 Å². The van der Waals surface area contributed by atoms with Crippen LogP contribution in [0.2, 0.25) is 0 Å². The SMILES string of the molecule is Cc1cc(=O)[nH]c(/C=C/c2ccc(Oc3cnccn3)cc2)n1. The highest BCUT2D eigenvalue weighted by molar-refractivity contribution is 5.66. The molecule has 2 heterocycles. The van der Waals surface area contributed by atoms with Crippen molar-refractivity contribution in [1.29, 1.82) is 0 Å². The Morgan fingerprint density at radius 1 is 1.13 bits per heavy atom. The smallest absolute Gasteiger partial charge is 0.251 e. The van der Waals surface area contributed by atoms with E-state index >= 15 is 0 Å². The first-order chi connectivity index (χ1) is 11.2. The van der Waals surface area contributed by atoms with Gasteiger partial charge in [-0.2, -0.15) is 0 Å². The molecule has 0 saturated carbocycles. The van der Waals surface area contributed by atoms with Gasteiger partial charge in [0.1, 0.15) is 11.6 Å². The van der Waals surface area contributed by atoms with E-state index in [1.807, 2.05) is 30.3 Å². The summed E-state index contributed by atoms with van der Waals surface area (Å²) in [5, 5.41) is 0. The molecule has 3 rings (SSSR count). The van der Waals surface area contributed by atoms with Crippen molar-refractivity contribution in [1.82, 2.24) is 19.9 Å². The second-order valence-electron chi connectivity index (χ2n) is 4.82. The van der Waals surface area contributed by atoms with Gasteiger partial charge in [0.25, 0.3) is 5.56 Å². The van der Waals surface area contributed by atoms with Crippen molar-refractivity contribution in [2.24, 2.45) is 0 Å². The lowest BCUT2D eigenvalue weighted by molar-refractivity contribution is 0.460. The number of ether oxygens (including phenoxy) is 1. The molecule has 0 radical (unpaired) electrons. The van der Waals surface area contributed by atoms with E-state index < -0.39 is 0 Å². The van der Waals surface area contributed by atoms with E-state index in [-0.39, 0.29) is 5.56 Å². The lowest BCUT2D eigenvalue weighted by atomic mass is 10.2. The van der Waals surface area contributed by atoms with Gasteiger partial charge >= 0.3 is 0 Å². The number of hydrogen-bond donors (Lipinski definition) is 1. The van der Waals surface area contributed by atoms with Crippen LogP contribution in [0, 0.1) is 6.92 Å². The maximum absolute atomic E-state index is 11.4. The van der Waals surface area contributed by atoms with Crippen LogP contribution in [0.1, 0.15) is 17.1 Å². The zero-order valence-electron chi connectivity index (χ0n) is 12.4. The summed E-state index contributed by atoms with van der Waals surface area (Å²) in [7, 11) is 0. The van der Waals surface area contributed by atoms with Crippen molar-refractivity contribution in [3.8, 4) is 11.6 Å². The van der Waals surface area contributed by atoms with E-state index in [1.165, 1.54) is 6.07 Å². The van der Waals surface area contributed by atoms with Crippen molar-refractivity contribution in [2.75, 3.05) is 0 Å². The van der Waals surface area contributed by atoms with Crippen LogP contribution in [-0.4, -0.2) is 19.9 Å². The molecule has 23 heavy (non-hydrogen) atoms. The summed E-state index contributed by atoms with van der Waals surface area (Å²) in [6, 6.07) is 8.92. The van der Waals surface area contributed by atoms with E-state index in [2.05, 4.69) is 19.9 Å². The Hall–Kier alpha value is -3.28. The molecular weight excluding hydrogens is 292 g/mol. The van der Waals surface area contributed by atoms with Crippen LogP contribution in [0.25, 0.3) is 12.2 Å². The second kappa shape index (κ2) is 6.65. The van der Waals surface area contributed by atoms with Crippen LogP contribution in [0.3, 0.4) is 0 Å². The molecule has 0 aliphatic heterocycles. The fourth-order valence-electron chi connectivity index (χ4n) is 1.96. The molecule has 6 heteroatoms. The van der Waals surface area contributed by atoms with Crippen LogP contribution in [-0.2, 0) is 0 Å². The van der Waals surface area contributed by atoms with E-state index in [1.54, 1.807) is 31.6 Å². The van der Waals surface area contributed by atoms with Crippen LogP contribution < -0.4 is 10.3 Å². The summed E-state index contributed by atoms with van der Waals surface area (Å²) in [4.78, 5) is 26.3. The van der Waals surface area contributed by atoms with Gasteiger partial charge in [-0.25, -0.2) is 9.97 Å². The molecule has 6 nitrogen and oxygen atoms in total. The number of H-pyrrole nitrogens is 1. The van der Waals surface area contributed by atoms with Crippen molar-refractivity contribution < 1.29 is 4.74 Å². The van der Waals surface area contributed by atoms with Gasteiger partial charge in [-0.05, 0) is 30.7 Å². The zero-order valence-corrected chi connectivity index (χ0v) is 12.4. The summed E-state index contributed by atoms with van der Waals surface area (Å²) in [5.41, 5.74) is 1.48. The normalized spacial score (nSPS) is 10.8. The van der Waals surface area contributed by atoms with E-state index in [0.29, 0.717) is 23.1 Å². The third-order valence-corrected chi connectivity index (χ3v) is 2.96. The zero-order chi connectivity index (χ0) is 16.1. The van der Waals surface area contributed by atoms with E-state index in [9.17, 15) is 4.79 Å². The Balaban J connectivity index is 1.72. The third-order valence-electron chi connectivity index (χ3n) is 2.96. The van der Waals surface area contributed by atoms with Crippen molar-refractivity contribution >= 4 is 12.2 Å². The first-order valence-corrected chi connectivity index (χ1v) is 6.99. The number of hydrogen-bond acceptors (Lipinski definition) is 5. The lowest BCUT2D eigenvalue weighted by Gasteiger charge is -2.03. The monoisotopic (exact) mass is 306 g/mol. The van der Waals surface area contributed by atoms with E-state index in [4.69, 9.17) is 4.74 Å². The molecule has 0 saturated heterocycles. The second-order valence-corrected chi connectivity index (χ2v) is 4.82. The Morgan fingerprint density at radius 3 is 2.65 bits per heavy atom. The molecule has 0 spiro atoms. The minimum absolute atomic E-state index is 0.162. The first kappa shape index (κ1) is 14.6. The van der Waals surface area contributed by atoms with Crippen LogP contribution >= 0.6 is 0 Å². The van der Waals surface area contributed by atoms with Crippen LogP contribution in [0.15, 0.2) is 53.7 Å². The molecule has 0 atom stereocenters. The molecule has 2 aromatic heterocycles. The number of nitrogens with zero attached hydrogens (tertiary/aromatic N) is 3. The van der Waals surface area contributed by atoms with Gasteiger partial charge in [-0.1, -0.05) is 18.2 Å². The predicted octanol–water partition coefficient (Wildman–Crippen LogP) is 2.83. The van der Waals surface area contributed by atoms with Crippen LogP contribution in [0.4, 0.5) is 0 Å². The van der Waals surface area contributed by atoms with Gasteiger partial charge in [0.2, 0.25) is 5.88 Å². The summed E-state index contributed by atoms with van der Waals surface area (Å²) >= 11 is 0. The molecule has 0 aliphatic rings. The summed E-state index contributed by atoms with van der Waals surface area (Å²) in [6.07, 6.45) is 8.33. The van der Waals surface area contributed by atoms with Gasteiger partial charge in [0.15, 0.2) is 0 Å². The van der Waals surface area contributed by atoms with E-state index in [0.717, 1.165) is 5.56 Å². The Labute approximate surface area is 132 Å². The Kier molecular flexibility index (Phi) is 4.24. The molecule has 1 N–H and O–H groups in total. The fraction of sp³-hybridized carbons (Fsp3) is 0.0588. The first-order valence-electron chi connectivity index (χ1n) is 6.99. The summed E-state index contributed by atoms with van der Waals surface area (Å²) in [5.74, 6) is 1.64. The quantitative estimate of drug-likeness (QED) is 0.801. The maximum Gasteiger partial charge on any atom is 0.251 e. The van der Waals surface area contributed by atoms with Gasteiger partial charge in [0, 0.05) is 24.2 Å². The van der Waals surface area contributed by atoms with Gasteiger partial charge < -0.3 is 9.72 Å². The highest BCUT2D eigenvalue weighted by atomic mass is 16.5. The minimum atomic E-state index is -0.162. The molecule has 0 unspecified atom stereocenters. The van der Waals surface area contributed by atoms with Gasteiger partial charge in [-0.15, -0.1) is 0 Å². The highest BCUT2D eigenvalue weighted by Gasteiger charge is 1.98.